The molecule has 0 aliphatic carbocycles. The Morgan fingerprint density at radius 3 is 2.50 bits per heavy atom. The van der Waals surface area contributed by atoms with Crippen LogP contribution < -0.4 is 0 Å². The van der Waals surface area contributed by atoms with E-state index in [4.69, 9.17) is 0 Å². The summed E-state index contributed by atoms with van der Waals surface area (Å²) in [5.74, 6) is -0.630. The van der Waals surface area contributed by atoms with Crippen LogP contribution in [0.3, 0.4) is 0 Å². The van der Waals surface area contributed by atoms with Gasteiger partial charge in [-0.1, -0.05) is 22.0 Å². The molecule has 0 saturated carbocycles. The minimum atomic E-state index is -2.62. The lowest BCUT2D eigenvalue weighted by Crippen LogP contribution is -1.92. The maximum atomic E-state index is 12.5. The first kappa shape index (κ1) is 9.58. The van der Waals surface area contributed by atoms with Gasteiger partial charge in [0.15, 0.2) is 0 Å². The van der Waals surface area contributed by atoms with Crippen LogP contribution in [0.25, 0.3) is 0 Å². The summed E-state index contributed by atoms with van der Waals surface area (Å²) in [7, 11) is 0. The fourth-order valence-corrected chi connectivity index (χ4v) is 1.40. The van der Waals surface area contributed by atoms with Gasteiger partial charge in [-0.25, -0.2) is 13.2 Å². The summed E-state index contributed by atoms with van der Waals surface area (Å²) < 4.78 is 36.9. The summed E-state index contributed by atoms with van der Waals surface area (Å²) >= 11 is 3.05. The molecule has 0 aromatic heterocycles. The Labute approximate surface area is 76.5 Å². The van der Waals surface area contributed by atoms with E-state index in [1.165, 1.54) is 12.1 Å². The molecule has 1 rings (SSSR count). The van der Waals surface area contributed by atoms with E-state index in [2.05, 4.69) is 15.9 Å². The number of alkyl halides is 3. The fourth-order valence-electron chi connectivity index (χ4n) is 0.891. The minimum absolute atomic E-state index is 0.244. The Kier molecular flexibility index (Phi) is 3.14. The highest BCUT2D eigenvalue weighted by Gasteiger charge is 2.12. The van der Waals surface area contributed by atoms with Crippen molar-refractivity contribution in [1.82, 2.24) is 0 Å². The van der Waals surface area contributed by atoms with E-state index in [1.54, 1.807) is 0 Å². The quantitative estimate of drug-likeness (QED) is 0.691. The Bertz CT molecular complexity index is 273. The van der Waals surface area contributed by atoms with Gasteiger partial charge in [-0.05, 0) is 17.7 Å². The smallest absolute Gasteiger partial charge is 0.207 e. The predicted molar refractivity (Wildman–Crippen MR) is 44.0 cm³/mol. The van der Waals surface area contributed by atoms with Gasteiger partial charge in [-0.2, -0.15) is 0 Å². The lowest BCUT2D eigenvalue weighted by molar-refractivity contribution is 0.150. The number of rotatable bonds is 2. The van der Waals surface area contributed by atoms with E-state index in [-0.39, 0.29) is 5.56 Å². The molecule has 0 atom stereocenters. The van der Waals surface area contributed by atoms with E-state index in [9.17, 15) is 13.2 Å². The third-order valence-corrected chi connectivity index (χ3v) is 2.09. The number of hydrogen-bond acceptors (Lipinski definition) is 0. The fraction of sp³-hybridized carbons (Fsp3) is 0.250. The largest absolute Gasteiger partial charge is 0.264 e. The van der Waals surface area contributed by atoms with Gasteiger partial charge in [0, 0.05) is 10.9 Å². The van der Waals surface area contributed by atoms with Crippen LogP contribution in [0.1, 0.15) is 17.6 Å². The molecule has 0 unspecified atom stereocenters. The van der Waals surface area contributed by atoms with Crippen molar-refractivity contribution in [2.45, 2.75) is 11.8 Å². The van der Waals surface area contributed by atoms with Crippen molar-refractivity contribution < 1.29 is 13.2 Å². The van der Waals surface area contributed by atoms with Gasteiger partial charge in [0.2, 0.25) is 0 Å². The zero-order valence-corrected chi connectivity index (χ0v) is 7.61. The molecule has 0 N–H and O–H groups in total. The van der Waals surface area contributed by atoms with E-state index in [0.29, 0.717) is 10.9 Å². The van der Waals surface area contributed by atoms with Gasteiger partial charge in [0.1, 0.15) is 5.82 Å². The standard InChI is InChI=1S/C8H6BrF3/c9-4-5-1-2-6(10)3-7(5)8(11)12/h1-3,8H,4H2. The summed E-state index contributed by atoms with van der Waals surface area (Å²) in [4.78, 5) is 0. The molecular formula is C8H6BrF3. The molecule has 0 spiro atoms. The molecule has 0 saturated heterocycles. The zero-order chi connectivity index (χ0) is 9.14. The van der Waals surface area contributed by atoms with Crippen molar-refractivity contribution in [2.75, 3.05) is 0 Å². The van der Waals surface area contributed by atoms with Crippen LogP contribution in [-0.4, -0.2) is 0 Å². The van der Waals surface area contributed by atoms with Crippen LogP contribution >= 0.6 is 15.9 Å². The maximum absolute atomic E-state index is 12.5. The summed E-state index contributed by atoms with van der Waals surface area (Å²) in [6.07, 6.45) is -2.62. The molecule has 0 aliphatic heterocycles. The van der Waals surface area contributed by atoms with E-state index in [0.717, 1.165) is 6.07 Å². The molecule has 0 aliphatic rings. The van der Waals surface area contributed by atoms with Crippen molar-refractivity contribution >= 4 is 15.9 Å². The van der Waals surface area contributed by atoms with Crippen molar-refractivity contribution in [2.24, 2.45) is 0 Å². The highest BCUT2D eigenvalue weighted by Crippen LogP contribution is 2.25. The van der Waals surface area contributed by atoms with Gasteiger partial charge < -0.3 is 0 Å². The Hall–Kier alpha value is -0.510. The number of benzene rings is 1. The molecular weight excluding hydrogens is 233 g/mol. The first-order valence-corrected chi connectivity index (χ1v) is 4.39. The molecule has 0 fully saturated rings. The first-order valence-electron chi connectivity index (χ1n) is 3.27. The predicted octanol–water partition coefficient (Wildman–Crippen LogP) is 3.66. The Morgan fingerprint density at radius 2 is 2.00 bits per heavy atom. The molecule has 0 amide bonds. The second-order valence-electron chi connectivity index (χ2n) is 2.28. The second-order valence-corrected chi connectivity index (χ2v) is 2.84. The topological polar surface area (TPSA) is 0 Å². The molecule has 0 heterocycles. The van der Waals surface area contributed by atoms with Crippen LogP contribution in [0.5, 0.6) is 0 Å². The molecule has 1 aromatic carbocycles. The van der Waals surface area contributed by atoms with Crippen LogP contribution in [-0.2, 0) is 5.33 Å². The van der Waals surface area contributed by atoms with Gasteiger partial charge in [0.25, 0.3) is 6.43 Å². The summed E-state index contributed by atoms with van der Waals surface area (Å²) in [5.41, 5.74) is 0.179. The Morgan fingerprint density at radius 1 is 1.33 bits per heavy atom. The molecule has 4 heteroatoms. The average Bonchev–Trinajstić information content (AvgIpc) is 2.04. The van der Waals surface area contributed by atoms with Gasteiger partial charge in [0.05, 0.1) is 0 Å². The molecule has 66 valence electrons. The van der Waals surface area contributed by atoms with Crippen molar-refractivity contribution in [1.29, 1.82) is 0 Å². The lowest BCUT2D eigenvalue weighted by atomic mass is 10.1. The van der Waals surface area contributed by atoms with Crippen LogP contribution in [0.15, 0.2) is 18.2 Å². The van der Waals surface area contributed by atoms with Crippen molar-refractivity contribution in [3.05, 3.63) is 35.1 Å². The highest BCUT2D eigenvalue weighted by atomic mass is 79.9. The van der Waals surface area contributed by atoms with Crippen LogP contribution in [0.4, 0.5) is 13.2 Å². The maximum Gasteiger partial charge on any atom is 0.264 e. The van der Waals surface area contributed by atoms with Crippen molar-refractivity contribution in [3.8, 4) is 0 Å². The van der Waals surface area contributed by atoms with Gasteiger partial charge in [-0.3, -0.25) is 0 Å². The van der Waals surface area contributed by atoms with E-state index in [1.807, 2.05) is 0 Å². The lowest BCUT2D eigenvalue weighted by Gasteiger charge is -2.05. The van der Waals surface area contributed by atoms with Crippen LogP contribution in [0.2, 0.25) is 0 Å². The molecule has 0 bridgehead atoms. The van der Waals surface area contributed by atoms with Gasteiger partial charge in [-0.15, -0.1) is 0 Å². The van der Waals surface area contributed by atoms with E-state index < -0.39 is 12.2 Å². The minimum Gasteiger partial charge on any atom is -0.207 e. The normalized spacial score (nSPS) is 10.8. The second kappa shape index (κ2) is 3.94. The number of halogens is 4. The molecule has 1 aromatic rings. The molecule has 0 radical (unpaired) electrons. The van der Waals surface area contributed by atoms with E-state index >= 15 is 0 Å². The SMILES string of the molecule is Fc1ccc(CBr)c(C(F)F)c1. The first-order chi connectivity index (χ1) is 5.65. The van der Waals surface area contributed by atoms with Gasteiger partial charge >= 0.3 is 0 Å². The Balaban J connectivity index is 3.12. The third-order valence-electron chi connectivity index (χ3n) is 1.49. The number of hydrogen-bond donors (Lipinski definition) is 0. The zero-order valence-electron chi connectivity index (χ0n) is 6.03. The highest BCUT2D eigenvalue weighted by molar-refractivity contribution is 9.08. The third kappa shape index (κ3) is 2.00. The summed E-state index contributed by atoms with van der Waals surface area (Å²) in [6, 6.07) is 3.38. The van der Waals surface area contributed by atoms with Crippen molar-refractivity contribution in [3.63, 3.8) is 0 Å². The van der Waals surface area contributed by atoms with Crippen LogP contribution in [0, 0.1) is 5.82 Å². The summed E-state index contributed by atoms with van der Waals surface area (Å²) in [6.45, 7) is 0. The summed E-state index contributed by atoms with van der Waals surface area (Å²) in [5, 5.41) is 0.312. The average molecular weight is 239 g/mol. The monoisotopic (exact) mass is 238 g/mol. The molecule has 12 heavy (non-hydrogen) atoms. The molecule has 0 nitrogen and oxygen atoms in total.